The van der Waals surface area contributed by atoms with E-state index < -0.39 is 6.04 Å². The van der Waals surface area contributed by atoms with Gasteiger partial charge in [-0.3, -0.25) is 10.1 Å². The van der Waals surface area contributed by atoms with Gasteiger partial charge in [0.15, 0.2) is 0 Å². The lowest BCUT2D eigenvalue weighted by Crippen LogP contribution is -2.54. The number of piperazine rings is 1. The predicted octanol–water partition coefficient (Wildman–Crippen LogP) is 0.792. The van der Waals surface area contributed by atoms with Crippen molar-refractivity contribution in [3.8, 4) is 0 Å². The smallest absolute Gasteiger partial charge is 0.318 e. The monoisotopic (exact) mass is 361 g/mol. The van der Waals surface area contributed by atoms with Crippen molar-refractivity contribution < 1.29 is 9.59 Å². The molecule has 9 nitrogen and oxygen atoms in total. The number of nitrogens with zero attached hydrogens (tertiary/aromatic N) is 5. The number of anilines is 2. The number of nitrogens with one attached hydrogen (secondary N) is 2. The standard InChI is InChI=1S/C15H19N7O2S/c1-11(13(23)19-14-20-17-10-25-14)18-15(24)22-8-6-21(7-9-22)12-4-2-3-5-16-12/h2-5,10-11H,6-9H2,1H3,(H,18,24)(H,19,20,23)/t11-/m1/s1. The van der Waals surface area contributed by atoms with E-state index in [0.29, 0.717) is 31.3 Å². The number of amides is 3. The van der Waals surface area contributed by atoms with Gasteiger partial charge in [-0.05, 0) is 19.1 Å². The minimum atomic E-state index is -0.662. The second-order valence-electron chi connectivity index (χ2n) is 5.57. The van der Waals surface area contributed by atoms with Crippen LogP contribution >= 0.6 is 11.3 Å². The molecule has 3 heterocycles. The van der Waals surface area contributed by atoms with Gasteiger partial charge in [0, 0.05) is 32.4 Å². The first-order valence-electron chi connectivity index (χ1n) is 7.92. The lowest BCUT2D eigenvalue weighted by atomic mass is 10.3. The third-order valence-electron chi connectivity index (χ3n) is 3.86. The lowest BCUT2D eigenvalue weighted by molar-refractivity contribution is -0.117. The third-order valence-corrected chi connectivity index (χ3v) is 4.47. The molecule has 0 unspecified atom stereocenters. The van der Waals surface area contributed by atoms with E-state index in [0.717, 1.165) is 5.82 Å². The van der Waals surface area contributed by atoms with Crippen molar-refractivity contribution in [3.63, 3.8) is 0 Å². The molecular formula is C15H19N7O2S. The van der Waals surface area contributed by atoms with E-state index in [1.807, 2.05) is 18.2 Å². The van der Waals surface area contributed by atoms with Crippen LogP contribution in [0.15, 0.2) is 29.9 Å². The molecule has 0 spiro atoms. The van der Waals surface area contributed by atoms with Crippen molar-refractivity contribution in [1.82, 2.24) is 25.4 Å². The van der Waals surface area contributed by atoms with Crippen molar-refractivity contribution in [3.05, 3.63) is 29.9 Å². The zero-order valence-electron chi connectivity index (χ0n) is 13.8. The number of hydrogen-bond donors (Lipinski definition) is 2. The van der Waals surface area contributed by atoms with E-state index in [1.165, 1.54) is 16.8 Å². The maximum Gasteiger partial charge on any atom is 0.318 e. The summed E-state index contributed by atoms with van der Waals surface area (Å²) in [6, 6.07) is 4.86. The molecular weight excluding hydrogens is 342 g/mol. The van der Waals surface area contributed by atoms with Crippen LogP contribution in [0, 0.1) is 0 Å². The van der Waals surface area contributed by atoms with Crippen LogP contribution in [0.3, 0.4) is 0 Å². The van der Waals surface area contributed by atoms with Gasteiger partial charge in [0.2, 0.25) is 11.0 Å². The van der Waals surface area contributed by atoms with Crippen LogP contribution in [0.1, 0.15) is 6.92 Å². The summed E-state index contributed by atoms with van der Waals surface area (Å²) in [6.07, 6.45) is 1.76. The Kier molecular flexibility index (Phi) is 5.39. The third kappa shape index (κ3) is 4.41. The Balaban J connectivity index is 1.46. The minimum absolute atomic E-state index is 0.249. The molecule has 2 aromatic heterocycles. The van der Waals surface area contributed by atoms with E-state index >= 15 is 0 Å². The van der Waals surface area contributed by atoms with Crippen molar-refractivity contribution in [1.29, 1.82) is 0 Å². The van der Waals surface area contributed by atoms with Crippen LogP contribution in [0.4, 0.5) is 15.7 Å². The number of aromatic nitrogens is 3. The maximum atomic E-state index is 12.3. The first-order valence-corrected chi connectivity index (χ1v) is 8.80. The second kappa shape index (κ2) is 7.88. The Morgan fingerprint density at radius 2 is 2.04 bits per heavy atom. The molecule has 1 aliphatic rings. The number of rotatable bonds is 4. The van der Waals surface area contributed by atoms with Crippen LogP contribution in [0.5, 0.6) is 0 Å². The van der Waals surface area contributed by atoms with Crippen LogP contribution in [-0.2, 0) is 4.79 Å². The first kappa shape index (κ1) is 17.1. The number of carbonyl (C=O) groups excluding carboxylic acids is 2. The summed E-state index contributed by atoms with van der Waals surface area (Å²) in [5.41, 5.74) is 1.53. The Morgan fingerprint density at radius 3 is 2.68 bits per heavy atom. The summed E-state index contributed by atoms with van der Waals surface area (Å²) >= 11 is 1.23. The summed E-state index contributed by atoms with van der Waals surface area (Å²) in [6.45, 7) is 4.20. The Hall–Kier alpha value is -2.75. The van der Waals surface area contributed by atoms with E-state index in [9.17, 15) is 9.59 Å². The summed E-state index contributed by atoms with van der Waals surface area (Å²) in [5.74, 6) is 0.588. The number of hydrogen-bond acceptors (Lipinski definition) is 7. The molecule has 0 bridgehead atoms. The molecule has 0 radical (unpaired) electrons. The highest BCUT2D eigenvalue weighted by Gasteiger charge is 2.24. The second-order valence-corrected chi connectivity index (χ2v) is 6.40. The highest BCUT2D eigenvalue weighted by atomic mass is 32.1. The van der Waals surface area contributed by atoms with E-state index in [4.69, 9.17) is 0 Å². The number of carbonyl (C=O) groups is 2. The fourth-order valence-electron chi connectivity index (χ4n) is 2.46. The fraction of sp³-hybridized carbons (Fsp3) is 0.400. The molecule has 1 aliphatic heterocycles. The summed E-state index contributed by atoms with van der Waals surface area (Å²) in [5, 5.41) is 13.1. The molecule has 3 rings (SSSR count). The average molecular weight is 361 g/mol. The SMILES string of the molecule is C[C@@H](NC(=O)N1CCN(c2ccccn2)CC1)C(=O)Nc1nncs1. The molecule has 0 aromatic carbocycles. The molecule has 10 heteroatoms. The van der Waals surface area contributed by atoms with Gasteiger partial charge in [-0.1, -0.05) is 17.4 Å². The van der Waals surface area contributed by atoms with Crippen LogP contribution in [0.2, 0.25) is 0 Å². The molecule has 0 aliphatic carbocycles. The number of urea groups is 1. The fourth-order valence-corrected chi connectivity index (χ4v) is 2.91. The zero-order chi connectivity index (χ0) is 17.6. The largest absolute Gasteiger partial charge is 0.353 e. The highest BCUT2D eigenvalue weighted by molar-refractivity contribution is 7.13. The van der Waals surface area contributed by atoms with Gasteiger partial charge in [0.05, 0.1) is 0 Å². The van der Waals surface area contributed by atoms with Crippen LogP contribution < -0.4 is 15.5 Å². The van der Waals surface area contributed by atoms with Crippen molar-refractivity contribution >= 4 is 34.2 Å². The van der Waals surface area contributed by atoms with E-state index in [1.54, 1.807) is 18.0 Å². The summed E-state index contributed by atoms with van der Waals surface area (Å²) < 4.78 is 0. The first-order chi connectivity index (χ1) is 12.1. The molecule has 1 atom stereocenters. The predicted molar refractivity (Wildman–Crippen MR) is 94.6 cm³/mol. The lowest BCUT2D eigenvalue weighted by Gasteiger charge is -2.35. The van der Waals surface area contributed by atoms with Crippen molar-refractivity contribution in [2.24, 2.45) is 0 Å². The Morgan fingerprint density at radius 1 is 1.24 bits per heavy atom. The van der Waals surface area contributed by atoms with Gasteiger partial charge in [-0.15, -0.1) is 10.2 Å². The van der Waals surface area contributed by atoms with Crippen molar-refractivity contribution in [2.75, 3.05) is 36.4 Å². The van der Waals surface area contributed by atoms with Gasteiger partial charge in [0.25, 0.3) is 0 Å². The maximum absolute atomic E-state index is 12.3. The summed E-state index contributed by atoms with van der Waals surface area (Å²) in [7, 11) is 0. The number of pyridine rings is 1. The van der Waals surface area contributed by atoms with E-state index in [2.05, 4.69) is 30.7 Å². The normalized spacial score (nSPS) is 15.6. The molecule has 2 N–H and O–H groups in total. The van der Waals surface area contributed by atoms with Gasteiger partial charge in [0.1, 0.15) is 17.4 Å². The molecule has 25 heavy (non-hydrogen) atoms. The Labute approximate surface area is 149 Å². The zero-order valence-corrected chi connectivity index (χ0v) is 14.6. The van der Waals surface area contributed by atoms with Gasteiger partial charge in [-0.2, -0.15) is 0 Å². The van der Waals surface area contributed by atoms with Crippen LogP contribution in [-0.4, -0.2) is 64.2 Å². The summed E-state index contributed by atoms with van der Waals surface area (Å²) in [4.78, 5) is 32.5. The topological polar surface area (TPSA) is 103 Å². The van der Waals surface area contributed by atoms with Crippen molar-refractivity contribution in [2.45, 2.75) is 13.0 Å². The van der Waals surface area contributed by atoms with Gasteiger partial charge >= 0.3 is 6.03 Å². The average Bonchev–Trinajstić information content (AvgIpc) is 3.15. The molecule has 1 fully saturated rings. The van der Waals surface area contributed by atoms with Crippen LogP contribution in [0.25, 0.3) is 0 Å². The van der Waals surface area contributed by atoms with Gasteiger partial charge < -0.3 is 15.1 Å². The molecule has 2 aromatic rings. The highest BCUT2D eigenvalue weighted by Crippen LogP contribution is 2.13. The van der Waals surface area contributed by atoms with Gasteiger partial charge in [-0.25, -0.2) is 9.78 Å². The molecule has 3 amide bonds. The van der Waals surface area contributed by atoms with E-state index in [-0.39, 0.29) is 11.9 Å². The molecule has 1 saturated heterocycles. The Bertz CT molecular complexity index is 702. The quantitative estimate of drug-likeness (QED) is 0.835. The minimum Gasteiger partial charge on any atom is -0.353 e. The molecule has 0 saturated carbocycles. The molecule has 132 valence electrons.